The van der Waals surface area contributed by atoms with E-state index in [1.54, 1.807) is 12.1 Å². The highest BCUT2D eigenvalue weighted by atomic mass is 16.7. The van der Waals surface area contributed by atoms with Gasteiger partial charge in [0.2, 0.25) is 19.9 Å². The molecule has 0 bridgehead atoms. The van der Waals surface area contributed by atoms with Gasteiger partial charge in [0.25, 0.3) is 0 Å². The van der Waals surface area contributed by atoms with Crippen molar-refractivity contribution >= 4 is 0 Å². The fourth-order valence-corrected chi connectivity index (χ4v) is 5.86. The van der Waals surface area contributed by atoms with E-state index in [1.807, 2.05) is 18.2 Å². The lowest BCUT2D eigenvalue weighted by atomic mass is 9.84. The van der Waals surface area contributed by atoms with Gasteiger partial charge in [-0.2, -0.15) is 0 Å². The molecular formula is C26H28O12. The molecule has 12 heteroatoms. The van der Waals surface area contributed by atoms with Crippen LogP contribution >= 0.6 is 0 Å². The minimum Gasteiger partial charge on any atom is -0.461 e. The Labute approximate surface area is 217 Å². The van der Waals surface area contributed by atoms with E-state index in [-0.39, 0.29) is 31.5 Å². The molecule has 5 heterocycles. The first kappa shape index (κ1) is 24.2. The largest absolute Gasteiger partial charge is 0.461 e. The SMILES string of the molecule is OCC1O[C@H](Oc2cc3c(cc2[C@H]2OC[C@H]4[C@@H]2CO[C@@H]4c2ccc4c(c2)OCO4)OCO3)C(O)[C@@H](O)[C@@H]1O. The lowest BCUT2D eigenvalue weighted by molar-refractivity contribution is -0.277. The number of fused-ring (bicyclic) bond motifs is 3. The molecule has 4 N–H and O–H groups in total. The predicted molar refractivity (Wildman–Crippen MR) is 124 cm³/mol. The van der Waals surface area contributed by atoms with E-state index >= 15 is 0 Å². The third kappa shape index (κ3) is 3.87. The average molecular weight is 532 g/mol. The molecule has 3 saturated heterocycles. The normalized spacial score (nSPS) is 36.9. The summed E-state index contributed by atoms with van der Waals surface area (Å²) in [5.41, 5.74) is 1.63. The smallest absolute Gasteiger partial charge is 0.231 e. The Kier molecular flexibility index (Phi) is 6.00. The second-order valence-electron chi connectivity index (χ2n) is 10.0. The molecule has 0 radical (unpaired) electrons. The molecule has 204 valence electrons. The third-order valence-electron chi connectivity index (χ3n) is 7.89. The van der Waals surface area contributed by atoms with Crippen LogP contribution in [0.15, 0.2) is 30.3 Å². The quantitative estimate of drug-likeness (QED) is 0.421. The van der Waals surface area contributed by atoms with Gasteiger partial charge < -0.3 is 58.3 Å². The summed E-state index contributed by atoms with van der Waals surface area (Å²) in [5.74, 6) is 2.73. The first-order chi connectivity index (χ1) is 18.5. The molecule has 2 aromatic rings. The maximum absolute atomic E-state index is 10.5. The Hall–Kier alpha value is -2.84. The maximum Gasteiger partial charge on any atom is 0.231 e. The van der Waals surface area contributed by atoms with Crippen LogP contribution in [-0.4, -0.2) is 84.5 Å². The van der Waals surface area contributed by atoms with Gasteiger partial charge in [-0.05, 0) is 23.8 Å². The zero-order chi connectivity index (χ0) is 26.0. The first-order valence-corrected chi connectivity index (χ1v) is 12.6. The van der Waals surface area contributed by atoms with Crippen molar-refractivity contribution in [1.29, 1.82) is 0 Å². The summed E-state index contributed by atoms with van der Waals surface area (Å²) in [6.45, 7) is 0.575. The molecule has 0 aliphatic carbocycles. The number of rotatable bonds is 5. The van der Waals surface area contributed by atoms with E-state index in [0.717, 1.165) is 5.56 Å². The van der Waals surface area contributed by atoms with Gasteiger partial charge in [0.15, 0.2) is 23.0 Å². The topological polar surface area (TPSA) is 155 Å². The highest BCUT2D eigenvalue weighted by molar-refractivity contribution is 5.53. The number of ether oxygens (including phenoxy) is 8. The molecule has 7 rings (SSSR count). The average Bonchev–Trinajstić information content (AvgIpc) is 3.72. The summed E-state index contributed by atoms with van der Waals surface area (Å²) in [5, 5.41) is 40.5. The zero-order valence-electron chi connectivity index (χ0n) is 20.2. The number of benzene rings is 2. The van der Waals surface area contributed by atoms with Crippen LogP contribution in [0.5, 0.6) is 28.7 Å². The van der Waals surface area contributed by atoms with E-state index in [4.69, 9.17) is 37.9 Å². The summed E-state index contributed by atoms with van der Waals surface area (Å²) in [6, 6.07) is 9.20. The van der Waals surface area contributed by atoms with Gasteiger partial charge in [0.1, 0.15) is 30.2 Å². The Morgan fingerprint density at radius 2 is 1.39 bits per heavy atom. The molecule has 9 atom stereocenters. The van der Waals surface area contributed by atoms with Crippen molar-refractivity contribution < 1.29 is 58.3 Å². The standard InChI is InChI=1S/C26H28O12/c27-6-20-21(28)22(29)23(30)26(38-20)37-16-5-19-18(35-10-36-19)4-12(16)25-14-8-31-24(13(14)7-32-25)11-1-2-15-17(3-11)34-9-33-15/h1-5,13-14,20-30H,6-10H2/t13-,14-,20?,21+,22-,23?,24+,25+,26-/m0/s1. The third-order valence-corrected chi connectivity index (χ3v) is 7.89. The maximum atomic E-state index is 10.5. The van der Waals surface area contributed by atoms with E-state index < -0.39 is 43.4 Å². The number of aliphatic hydroxyl groups is 4. The molecular weight excluding hydrogens is 504 g/mol. The Morgan fingerprint density at radius 1 is 0.737 bits per heavy atom. The molecule has 3 fully saturated rings. The molecule has 12 nitrogen and oxygen atoms in total. The highest BCUT2D eigenvalue weighted by Gasteiger charge is 2.50. The minimum absolute atomic E-state index is 0.0112. The van der Waals surface area contributed by atoms with Crippen LogP contribution in [0.2, 0.25) is 0 Å². The van der Waals surface area contributed by atoms with Gasteiger partial charge in [0.05, 0.1) is 32.0 Å². The molecule has 0 saturated carbocycles. The molecule has 0 spiro atoms. The zero-order valence-corrected chi connectivity index (χ0v) is 20.2. The van der Waals surface area contributed by atoms with E-state index in [1.165, 1.54) is 0 Å². The van der Waals surface area contributed by atoms with Crippen molar-refractivity contribution in [3.8, 4) is 28.7 Å². The number of hydrogen-bond donors (Lipinski definition) is 4. The van der Waals surface area contributed by atoms with Crippen LogP contribution in [0.25, 0.3) is 0 Å². The summed E-state index contributed by atoms with van der Waals surface area (Å²) in [4.78, 5) is 0. The summed E-state index contributed by atoms with van der Waals surface area (Å²) in [6.07, 6.45) is -7.70. The molecule has 5 aliphatic rings. The monoisotopic (exact) mass is 532 g/mol. The molecule has 5 aliphatic heterocycles. The van der Waals surface area contributed by atoms with E-state index in [2.05, 4.69) is 0 Å². The van der Waals surface area contributed by atoms with Gasteiger partial charge in [0, 0.05) is 23.5 Å². The van der Waals surface area contributed by atoms with Crippen LogP contribution in [0.4, 0.5) is 0 Å². The first-order valence-electron chi connectivity index (χ1n) is 12.6. The number of hydrogen-bond acceptors (Lipinski definition) is 12. The van der Waals surface area contributed by atoms with Crippen molar-refractivity contribution in [2.24, 2.45) is 11.8 Å². The van der Waals surface area contributed by atoms with Crippen LogP contribution in [-0.2, 0) is 14.2 Å². The van der Waals surface area contributed by atoms with Crippen molar-refractivity contribution in [3.63, 3.8) is 0 Å². The highest BCUT2D eigenvalue weighted by Crippen LogP contribution is 2.54. The Bertz CT molecular complexity index is 1200. The van der Waals surface area contributed by atoms with Crippen LogP contribution in [0.3, 0.4) is 0 Å². The lowest BCUT2D eigenvalue weighted by Crippen LogP contribution is -2.60. The summed E-state index contributed by atoms with van der Waals surface area (Å²) < 4.78 is 46.3. The Morgan fingerprint density at radius 3 is 2.16 bits per heavy atom. The van der Waals surface area contributed by atoms with Gasteiger partial charge in [-0.25, -0.2) is 0 Å². The fourth-order valence-electron chi connectivity index (χ4n) is 5.86. The predicted octanol–water partition coefficient (Wildman–Crippen LogP) is 0.398. The molecule has 0 aromatic heterocycles. The van der Waals surface area contributed by atoms with Crippen molar-refractivity contribution in [3.05, 3.63) is 41.5 Å². The van der Waals surface area contributed by atoms with Crippen molar-refractivity contribution in [2.75, 3.05) is 33.4 Å². The molecule has 38 heavy (non-hydrogen) atoms. The molecule has 2 aromatic carbocycles. The van der Waals surface area contributed by atoms with Gasteiger partial charge in [-0.3, -0.25) is 0 Å². The van der Waals surface area contributed by atoms with Crippen LogP contribution in [0, 0.1) is 11.8 Å². The van der Waals surface area contributed by atoms with Gasteiger partial charge >= 0.3 is 0 Å². The van der Waals surface area contributed by atoms with Crippen LogP contribution in [0.1, 0.15) is 23.3 Å². The fraction of sp³-hybridized carbons (Fsp3) is 0.538. The lowest BCUT2D eigenvalue weighted by Gasteiger charge is -2.40. The van der Waals surface area contributed by atoms with Crippen molar-refractivity contribution in [2.45, 2.75) is 42.9 Å². The number of aliphatic hydroxyl groups excluding tert-OH is 4. The minimum atomic E-state index is -1.57. The second-order valence-corrected chi connectivity index (χ2v) is 10.0. The van der Waals surface area contributed by atoms with E-state index in [9.17, 15) is 20.4 Å². The molecule has 2 unspecified atom stereocenters. The van der Waals surface area contributed by atoms with Gasteiger partial charge in [-0.1, -0.05) is 6.07 Å². The second kappa shape index (κ2) is 9.42. The molecule has 0 amide bonds. The van der Waals surface area contributed by atoms with Crippen LogP contribution < -0.4 is 23.7 Å². The summed E-state index contributed by atoms with van der Waals surface area (Å²) >= 11 is 0. The Balaban J connectivity index is 1.17. The van der Waals surface area contributed by atoms with Gasteiger partial charge in [-0.15, -0.1) is 0 Å². The van der Waals surface area contributed by atoms with E-state index in [0.29, 0.717) is 47.5 Å². The van der Waals surface area contributed by atoms with Crippen molar-refractivity contribution in [1.82, 2.24) is 0 Å². The summed E-state index contributed by atoms with van der Waals surface area (Å²) in [7, 11) is 0.